The molecular weight excluding hydrogens is 216 g/mol. The van der Waals surface area contributed by atoms with E-state index in [1.807, 2.05) is 26.1 Å². The summed E-state index contributed by atoms with van der Waals surface area (Å²) in [7, 11) is 1.86. The van der Waals surface area contributed by atoms with E-state index in [0.717, 1.165) is 22.6 Å². The van der Waals surface area contributed by atoms with Crippen LogP contribution in [-0.4, -0.2) is 20.3 Å². The van der Waals surface area contributed by atoms with Crippen LogP contribution >= 0.6 is 0 Å². The number of aryl methyl sites for hydroxylation is 1. The van der Waals surface area contributed by atoms with Gasteiger partial charge in [0, 0.05) is 6.04 Å². The summed E-state index contributed by atoms with van der Waals surface area (Å²) in [5.74, 6) is 1.57. The maximum absolute atomic E-state index is 8.81. The summed E-state index contributed by atoms with van der Waals surface area (Å²) in [4.78, 5) is 0. The number of nitriles is 1. The SMILES string of the molecule is CNC(CC#N)c1cc2c(cc1C)OCCO2. The molecule has 1 atom stereocenters. The first kappa shape index (κ1) is 11.7. The fourth-order valence-electron chi connectivity index (χ4n) is 2.04. The lowest BCUT2D eigenvalue weighted by Gasteiger charge is -2.23. The van der Waals surface area contributed by atoms with Gasteiger partial charge in [-0.15, -0.1) is 0 Å². The zero-order chi connectivity index (χ0) is 12.3. The third kappa shape index (κ3) is 2.34. The summed E-state index contributed by atoms with van der Waals surface area (Å²) in [6.45, 7) is 3.20. The summed E-state index contributed by atoms with van der Waals surface area (Å²) in [5, 5.41) is 12.0. The summed E-state index contributed by atoms with van der Waals surface area (Å²) < 4.78 is 11.1. The Hall–Kier alpha value is -1.73. The number of benzene rings is 1. The van der Waals surface area contributed by atoms with Gasteiger partial charge >= 0.3 is 0 Å². The lowest BCUT2D eigenvalue weighted by atomic mass is 9.98. The van der Waals surface area contributed by atoms with Gasteiger partial charge in [0.05, 0.1) is 12.5 Å². The quantitative estimate of drug-likeness (QED) is 0.865. The lowest BCUT2D eigenvalue weighted by Crippen LogP contribution is -2.19. The lowest BCUT2D eigenvalue weighted by molar-refractivity contribution is 0.171. The summed E-state index contributed by atoms with van der Waals surface area (Å²) in [5.41, 5.74) is 2.21. The summed E-state index contributed by atoms with van der Waals surface area (Å²) in [6, 6.07) is 6.18. The van der Waals surface area contributed by atoms with Crippen LogP contribution in [0.2, 0.25) is 0 Å². The average molecular weight is 232 g/mol. The van der Waals surface area contributed by atoms with Crippen molar-refractivity contribution in [1.29, 1.82) is 5.26 Å². The van der Waals surface area contributed by atoms with Gasteiger partial charge in [0.1, 0.15) is 13.2 Å². The Morgan fingerprint density at radius 1 is 1.35 bits per heavy atom. The van der Waals surface area contributed by atoms with Crippen LogP contribution in [0.15, 0.2) is 12.1 Å². The predicted octanol–water partition coefficient (Wildman–Crippen LogP) is 1.94. The molecule has 1 N–H and O–H groups in total. The maximum Gasteiger partial charge on any atom is 0.161 e. The van der Waals surface area contributed by atoms with Gasteiger partial charge in [-0.1, -0.05) is 0 Å². The standard InChI is InChI=1S/C13H16N2O2/c1-9-7-12-13(17-6-5-16-12)8-10(9)11(15-2)3-4-14/h7-8,11,15H,3,5-6H2,1-2H3. The van der Waals surface area contributed by atoms with E-state index in [2.05, 4.69) is 11.4 Å². The third-order valence-corrected chi connectivity index (χ3v) is 2.95. The van der Waals surface area contributed by atoms with Crippen molar-refractivity contribution in [2.75, 3.05) is 20.3 Å². The molecular formula is C13H16N2O2. The van der Waals surface area contributed by atoms with Gasteiger partial charge in [-0.25, -0.2) is 0 Å². The number of hydrogen-bond acceptors (Lipinski definition) is 4. The van der Waals surface area contributed by atoms with Gasteiger partial charge in [0.15, 0.2) is 11.5 Å². The molecule has 4 heteroatoms. The van der Waals surface area contributed by atoms with Crippen molar-refractivity contribution in [2.24, 2.45) is 0 Å². The molecule has 1 aliphatic heterocycles. The Kier molecular flexibility index (Phi) is 3.50. The number of ether oxygens (including phenoxy) is 2. The fourth-order valence-corrected chi connectivity index (χ4v) is 2.04. The van der Waals surface area contributed by atoms with E-state index in [9.17, 15) is 0 Å². The molecule has 2 rings (SSSR count). The molecule has 0 aliphatic carbocycles. The van der Waals surface area contributed by atoms with Gasteiger partial charge in [0.25, 0.3) is 0 Å². The fraction of sp³-hybridized carbons (Fsp3) is 0.462. The van der Waals surface area contributed by atoms with Crippen LogP contribution in [0.3, 0.4) is 0 Å². The third-order valence-electron chi connectivity index (χ3n) is 2.95. The Bertz CT molecular complexity index is 451. The second-order valence-electron chi connectivity index (χ2n) is 4.06. The van der Waals surface area contributed by atoms with Gasteiger partial charge in [-0.05, 0) is 37.2 Å². The molecule has 17 heavy (non-hydrogen) atoms. The number of nitrogens with zero attached hydrogens (tertiary/aromatic N) is 1. The Balaban J connectivity index is 2.37. The van der Waals surface area contributed by atoms with E-state index in [1.54, 1.807) is 0 Å². The maximum atomic E-state index is 8.81. The number of hydrogen-bond donors (Lipinski definition) is 1. The monoisotopic (exact) mass is 232 g/mol. The topological polar surface area (TPSA) is 54.3 Å². The van der Waals surface area contributed by atoms with Crippen molar-refractivity contribution in [3.8, 4) is 17.6 Å². The summed E-state index contributed by atoms with van der Waals surface area (Å²) >= 11 is 0. The molecule has 0 amide bonds. The molecule has 90 valence electrons. The Morgan fingerprint density at radius 2 is 2.00 bits per heavy atom. The first-order valence-electron chi connectivity index (χ1n) is 5.70. The largest absolute Gasteiger partial charge is 0.486 e. The zero-order valence-corrected chi connectivity index (χ0v) is 10.1. The van der Waals surface area contributed by atoms with Crippen molar-refractivity contribution in [1.82, 2.24) is 5.32 Å². The van der Waals surface area contributed by atoms with Crippen LogP contribution in [0.1, 0.15) is 23.6 Å². The smallest absolute Gasteiger partial charge is 0.161 e. The minimum atomic E-state index is 0.0378. The number of nitrogens with one attached hydrogen (secondary N) is 1. The van der Waals surface area contributed by atoms with Crippen molar-refractivity contribution in [3.63, 3.8) is 0 Å². The van der Waals surface area contributed by atoms with Crippen LogP contribution in [0, 0.1) is 18.3 Å². The highest BCUT2D eigenvalue weighted by atomic mass is 16.6. The first-order valence-corrected chi connectivity index (χ1v) is 5.70. The van der Waals surface area contributed by atoms with Crippen LogP contribution in [0.5, 0.6) is 11.5 Å². The molecule has 1 heterocycles. The molecule has 0 bridgehead atoms. The van der Waals surface area contributed by atoms with E-state index >= 15 is 0 Å². The van der Waals surface area contributed by atoms with Gasteiger partial charge in [0.2, 0.25) is 0 Å². The molecule has 1 aromatic rings. The molecule has 0 radical (unpaired) electrons. The molecule has 0 fully saturated rings. The van der Waals surface area contributed by atoms with E-state index in [-0.39, 0.29) is 6.04 Å². The van der Waals surface area contributed by atoms with E-state index in [0.29, 0.717) is 19.6 Å². The Morgan fingerprint density at radius 3 is 2.59 bits per heavy atom. The minimum Gasteiger partial charge on any atom is -0.486 e. The normalized spacial score (nSPS) is 15.1. The summed E-state index contributed by atoms with van der Waals surface area (Å²) in [6.07, 6.45) is 0.441. The van der Waals surface area contributed by atoms with E-state index < -0.39 is 0 Å². The number of fused-ring (bicyclic) bond motifs is 1. The van der Waals surface area contributed by atoms with Crippen LogP contribution < -0.4 is 14.8 Å². The van der Waals surface area contributed by atoms with E-state index in [1.165, 1.54) is 0 Å². The first-order chi connectivity index (χ1) is 8.26. The second-order valence-corrected chi connectivity index (χ2v) is 4.06. The average Bonchev–Trinajstić information content (AvgIpc) is 2.35. The van der Waals surface area contributed by atoms with E-state index in [4.69, 9.17) is 14.7 Å². The molecule has 0 aromatic heterocycles. The highest BCUT2D eigenvalue weighted by Crippen LogP contribution is 2.35. The predicted molar refractivity (Wildman–Crippen MR) is 64.2 cm³/mol. The van der Waals surface area contributed by atoms with Crippen LogP contribution in [-0.2, 0) is 0 Å². The van der Waals surface area contributed by atoms with Crippen molar-refractivity contribution >= 4 is 0 Å². The highest BCUT2D eigenvalue weighted by Gasteiger charge is 2.18. The number of rotatable bonds is 3. The van der Waals surface area contributed by atoms with Crippen molar-refractivity contribution in [3.05, 3.63) is 23.3 Å². The van der Waals surface area contributed by atoms with Gasteiger partial charge in [-0.2, -0.15) is 5.26 Å². The van der Waals surface area contributed by atoms with Crippen LogP contribution in [0.25, 0.3) is 0 Å². The minimum absolute atomic E-state index is 0.0378. The molecule has 4 nitrogen and oxygen atoms in total. The second kappa shape index (κ2) is 5.07. The molecule has 0 spiro atoms. The van der Waals surface area contributed by atoms with Crippen LogP contribution in [0.4, 0.5) is 0 Å². The van der Waals surface area contributed by atoms with Crippen molar-refractivity contribution < 1.29 is 9.47 Å². The Labute approximate surface area is 101 Å². The molecule has 0 saturated carbocycles. The van der Waals surface area contributed by atoms with Crippen molar-refractivity contribution in [2.45, 2.75) is 19.4 Å². The molecule has 1 aliphatic rings. The zero-order valence-electron chi connectivity index (χ0n) is 10.1. The molecule has 1 aromatic carbocycles. The van der Waals surface area contributed by atoms with Gasteiger partial charge in [-0.3, -0.25) is 0 Å². The molecule has 0 saturated heterocycles. The molecule has 1 unspecified atom stereocenters. The van der Waals surface area contributed by atoms with Gasteiger partial charge < -0.3 is 14.8 Å². The highest BCUT2D eigenvalue weighted by molar-refractivity contribution is 5.48.